The van der Waals surface area contributed by atoms with Gasteiger partial charge >= 0.3 is 0 Å². The van der Waals surface area contributed by atoms with Gasteiger partial charge in [-0.25, -0.2) is 13.2 Å². The molecule has 1 aromatic carbocycles. The Balaban J connectivity index is 2.36. The first-order valence-corrected chi connectivity index (χ1v) is 4.66. The van der Waals surface area contributed by atoms with E-state index in [0.717, 1.165) is 6.07 Å². The average Bonchev–Trinajstić information content (AvgIpc) is 2.92. The summed E-state index contributed by atoms with van der Waals surface area (Å²) in [6.45, 7) is 1.50. The average molecular weight is 200 g/mol. The second kappa shape index (κ2) is 3.01. The predicted octanol–water partition coefficient (Wildman–Crippen LogP) is 3.64. The van der Waals surface area contributed by atoms with Gasteiger partial charge in [-0.1, -0.05) is 6.07 Å². The first kappa shape index (κ1) is 9.56. The Morgan fingerprint density at radius 3 is 2.43 bits per heavy atom. The van der Waals surface area contributed by atoms with Crippen molar-refractivity contribution in [1.82, 2.24) is 0 Å². The summed E-state index contributed by atoms with van der Waals surface area (Å²) in [5.74, 6) is -3.74. The molecule has 0 N–H and O–H groups in total. The fraction of sp³-hybridized carbons (Fsp3) is 0.455. The Bertz CT molecular complexity index is 354. The number of alkyl halides is 2. The molecule has 3 heteroatoms. The van der Waals surface area contributed by atoms with Crippen molar-refractivity contribution in [2.45, 2.75) is 25.7 Å². The third kappa shape index (κ3) is 1.51. The van der Waals surface area contributed by atoms with Gasteiger partial charge in [0.15, 0.2) is 0 Å². The van der Waals surface area contributed by atoms with Gasteiger partial charge in [0.1, 0.15) is 5.82 Å². The van der Waals surface area contributed by atoms with Crippen LogP contribution in [-0.4, -0.2) is 0 Å². The van der Waals surface area contributed by atoms with Crippen LogP contribution < -0.4 is 0 Å². The zero-order valence-corrected chi connectivity index (χ0v) is 7.86. The monoisotopic (exact) mass is 200 g/mol. The molecule has 0 nitrogen and oxygen atoms in total. The van der Waals surface area contributed by atoms with Crippen molar-refractivity contribution < 1.29 is 13.2 Å². The van der Waals surface area contributed by atoms with Gasteiger partial charge in [0.05, 0.1) is 0 Å². The number of hydrogen-bond acceptors (Lipinski definition) is 0. The Hall–Kier alpha value is -0.990. The molecular weight excluding hydrogens is 189 g/mol. The Morgan fingerprint density at radius 1 is 1.29 bits per heavy atom. The van der Waals surface area contributed by atoms with E-state index < -0.39 is 17.7 Å². The summed E-state index contributed by atoms with van der Waals surface area (Å²) in [6, 6.07) is 3.54. The summed E-state index contributed by atoms with van der Waals surface area (Å²) in [4.78, 5) is 0. The van der Waals surface area contributed by atoms with Crippen LogP contribution in [0.3, 0.4) is 0 Å². The van der Waals surface area contributed by atoms with Crippen LogP contribution in [0.15, 0.2) is 18.2 Å². The Morgan fingerprint density at radius 2 is 1.93 bits per heavy atom. The molecule has 0 amide bonds. The highest BCUT2D eigenvalue weighted by Gasteiger charge is 2.47. The lowest BCUT2D eigenvalue weighted by Crippen LogP contribution is -2.16. The standard InChI is InChI=1S/C11H11F3/c1-7-6-9(4-5-10(7)12)11(13,14)8-2-3-8/h4-6,8H,2-3H2,1H3. The molecule has 76 valence electrons. The van der Waals surface area contributed by atoms with E-state index in [1.165, 1.54) is 19.1 Å². The minimum atomic E-state index is -2.78. The molecule has 0 spiro atoms. The summed E-state index contributed by atoms with van der Waals surface area (Å²) in [7, 11) is 0. The van der Waals surface area contributed by atoms with E-state index in [0.29, 0.717) is 12.8 Å². The number of benzene rings is 1. The van der Waals surface area contributed by atoms with Gasteiger partial charge in [0.2, 0.25) is 0 Å². The Labute approximate surface area is 80.7 Å². The molecule has 0 unspecified atom stereocenters. The summed E-state index contributed by atoms with van der Waals surface area (Å²) < 4.78 is 39.9. The SMILES string of the molecule is Cc1cc(C(F)(F)C2CC2)ccc1F. The molecule has 1 fully saturated rings. The molecule has 0 aromatic heterocycles. The van der Waals surface area contributed by atoms with Crippen LogP contribution in [0.25, 0.3) is 0 Å². The maximum atomic E-state index is 13.5. The Kier molecular flexibility index (Phi) is 2.05. The first-order valence-electron chi connectivity index (χ1n) is 4.66. The molecule has 14 heavy (non-hydrogen) atoms. The van der Waals surface area contributed by atoms with Crippen LogP contribution in [0.2, 0.25) is 0 Å². The minimum absolute atomic E-state index is 0.0566. The molecule has 0 atom stereocenters. The van der Waals surface area contributed by atoms with Crippen molar-refractivity contribution in [2.24, 2.45) is 5.92 Å². The van der Waals surface area contributed by atoms with Crippen molar-refractivity contribution in [2.75, 3.05) is 0 Å². The number of hydrogen-bond donors (Lipinski definition) is 0. The third-order valence-electron chi connectivity index (χ3n) is 2.63. The summed E-state index contributed by atoms with van der Waals surface area (Å²) >= 11 is 0. The lowest BCUT2D eigenvalue weighted by molar-refractivity contribution is -0.0286. The van der Waals surface area contributed by atoms with Gasteiger partial charge in [-0.2, -0.15) is 0 Å². The molecule has 1 saturated carbocycles. The first-order chi connectivity index (χ1) is 6.51. The van der Waals surface area contributed by atoms with Crippen LogP contribution in [0, 0.1) is 18.7 Å². The van der Waals surface area contributed by atoms with E-state index >= 15 is 0 Å². The van der Waals surface area contributed by atoms with E-state index in [1.807, 2.05) is 0 Å². The highest BCUT2D eigenvalue weighted by atomic mass is 19.3. The van der Waals surface area contributed by atoms with Crippen LogP contribution in [-0.2, 0) is 5.92 Å². The van der Waals surface area contributed by atoms with Gasteiger partial charge in [-0.05, 0) is 37.5 Å². The van der Waals surface area contributed by atoms with Gasteiger partial charge in [0, 0.05) is 11.5 Å². The summed E-state index contributed by atoms with van der Waals surface area (Å²) in [5, 5.41) is 0. The predicted molar refractivity (Wildman–Crippen MR) is 47.8 cm³/mol. The lowest BCUT2D eigenvalue weighted by atomic mass is 10.0. The zero-order chi connectivity index (χ0) is 10.3. The molecule has 2 rings (SSSR count). The second-order valence-corrected chi connectivity index (χ2v) is 3.86. The second-order valence-electron chi connectivity index (χ2n) is 3.86. The smallest absolute Gasteiger partial charge is 0.207 e. The molecule has 1 aliphatic rings. The van der Waals surface area contributed by atoms with Gasteiger partial charge in [-0.15, -0.1) is 0 Å². The molecule has 0 saturated heterocycles. The van der Waals surface area contributed by atoms with Crippen molar-refractivity contribution >= 4 is 0 Å². The minimum Gasteiger partial charge on any atom is -0.207 e. The molecule has 0 heterocycles. The number of rotatable bonds is 2. The third-order valence-corrected chi connectivity index (χ3v) is 2.63. The zero-order valence-electron chi connectivity index (χ0n) is 7.86. The van der Waals surface area contributed by atoms with Crippen LogP contribution in [0.5, 0.6) is 0 Å². The van der Waals surface area contributed by atoms with Crippen LogP contribution in [0.4, 0.5) is 13.2 Å². The maximum Gasteiger partial charge on any atom is 0.276 e. The highest BCUT2D eigenvalue weighted by molar-refractivity contribution is 5.28. The number of halogens is 3. The van der Waals surface area contributed by atoms with E-state index in [-0.39, 0.29) is 11.1 Å². The van der Waals surface area contributed by atoms with Crippen molar-refractivity contribution in [3.63, 3.8) is 0 Å². The topological polar surface area (TPSA) is 0 Å². The van der Waals surface area contributed by atoms with Gasteiger partial charge in [0.25, 0.3) is 5.92 Å². The lowest BCUT2D eigenvalue weighted by Gasteiger charge is -2.16. The fourth-order valence-corrected chi connectivity index (χ4v) is 1.53. The number of aryl methyl sites for hydroxylation is 1. The van der Waals surface area contributed by atoms with Crippen molar-refractivity contribution in [1.29, 1.82) is 0 Å². The molecule has 0 aliphatic heterocycles. The highest BCUT2D eigenvalue weighted by Crippen LogP contribution is 2.49. The molecule has 1 aromatic rings. The largest absolute Gasteiger partial charge is 0.276 e. The van der Waals surface area contributed by atoms with E-state index in [1.54, 1.807) is 0 Å². The quantitative estimate of drug-likeness (QED) is 0.683. The van der Waals surface area contributed by atoms with E-state index in [2.05, 4.69) is 0 Å². The van der Waals surface area contributed by atoms with Crippen LogP contribution >= 0.6 is 0 Å². The molecular formula is C11H11F3. The van der Waals surface area contributed by atoms with Gasteiger partial charge < -0.3 is 0 Å². The van der Waals surface area contributed by atoms with Gasteiger partial charge in [-0.3, -0.25) is 0 Å². The fourth-order valence-electron chi connectivity index (χ4n) is 1.53. The van der Waals surface area contributed by atoms with Crippen LogP contribution in [0.1, 0.15) is 24.0 Å². The summed E-state index contributed by atoms with van der Waals surface area (Å²) in [6.07, 6.45) is 1.15. The molecule has 0 radical (unpaired) electrons. The maximum absolute atomic E-state index is 13.5. The molecule has 0 bridgehead atoms. The van der Waals surface area contributed by atoms with Crippen molar-refractivity contribution in [3.05, 3.63) is 35.1 Å². The van der Waals surface area contributed by atoms with E-state index in [9.17, 15) is 13.2 Å². The van der Waals surface area contributed by atoms with E-state index in [4.69, 9.17) is 0 Å². The normalized spacial score (nSPS) is 17.1. The summed E-state index contributed by atoms with van der Waals surface area (Å²) in [5.41, 5.74) is 0.224. The molecule has 1 aliphatic carbocycles. The van der Waals surface area contributed by atoms with Crippen molar-refractivity contribution in [3.8, 4) is 0 Å².